The van der Waals surface area contributed by atoms with Crippen LogP contribution in [0.5, 0.6) is 5.75 Å². The van der Waals surface area contributed by atoms with E-state index in [1.54, 1.807) is 6.07 Å². The summed E-state index contributed by atoms with van der Waals surface area (Å²) < 4.78 is 5.42. The van der Waals surface area contributed by atoms with Crippen LogP contribution in [0.1, 0.15) is 42.6 Å². The number of rotatable bonds is 4. The number of hydrogen-bond donors (Lipinski definition) is 2. The first kappa shape index (κ1) is 12.9. The van der Waals surface area contributed by atoms with Crippen LogP contribution >= 0.6 is 0 Å². The summed E-state index contributed by atoms with van der Waals surface area (Å²) in [5.74, 6) is -0.464. The standard InChI is InChI=1S/C14H19NO3/c1-3-4-8-15-14(2)9-10-6-5-7-11(16)12(10)13(17)18-14/h5-7,15-16H,3-4,8-9H2,1-2H3. The number of benzene rings is 1. The van der Waals surface area contributed by atoms with Crippen molar-refractivity contribution in [2.24, 2.45) is 0 Å². The van der Waals surface area contributed by atoms with E-state index in [4.69, 9.17) is 4.74 Å². The summed E-state index contributed by atoms with van der Waals surface area (Å²) in [7, 11) is 0. The summed E-state index contributed by atoms with van der Waals surface area (Å²) in [6.07, 6.45) is 2.71. The SMILES string of the molecule is CCCCNC1(C)Cc2cccc(O)c2C(=O)O1. The molecule has 0 amide bonds. The molecule has 0 saturated heterocycles. The fraction of sp³-hybridized carbons (Fsp3) is 0.500. The van der Waals surface area contributed by atoms with Gasteiger partial charge in [0, 0.05) is 6.42 Å². The maximum Gasteiger partial charge on any atom is 0.343 e. The van der Waals surface area contributed by atoms with E-state index in [1.165, 1.54) is 6.07 Å². The third kappa shape index (κ3) is 2.48. The topological polar surface area (TPSA) is 58.6 Å². The Balaban J connectivity index is 2.19. The molecule has 1 aliphatic heterocycles. The number of phenols is 1. The number of nitrogens with one attached hydrogen (secondary N) is 1. The zero-order valence-corrected chi connectivity index (χ0v) is 10.8. The number of phenolic OH excluding ortho intramolecular Hbond substituents is 1. The van der Waals surface area contributed by atoms with E-state index in [0.29, 0.717) is 12.0 Å². The van der Waals surface area contributed by atoms with Crippen LogP contribution in [0, 0.1) is 0 Å². The molecule has 1 aromatic carbocycles. The summed E-state index contributed by atoms with van der Waals surface area (Å²) in [5.41, 5.74) is 0.456. The van der Waals surface area contributed by atoms with E-state index in [1.807, 2.05) is 13.0 Å². The van der Waals surface area contributed by atoms with E-state index >= 15 is 0 Å². The zero-order valence-electron chi connectivity index (χ0n) is 10.8. The minimum atomic E-state index is -0.674. The molecule has 1 atom stereocenters. The number of esters is 1. The van der Waals surface area contributed by atoms with E-state index in [-0.39, 0.29) is 5.75 Å². The van der Waals surface area contributed by atoms with Crippen molar-refractivity contribution in [1.82, 2.24) is 5.32 Å². The van der Waals surface area contributed by atoms with Gasteiger partial charge in [0.15, 0.2) is 5.72 Å². The minimum Gasteiger partial charge on any atom is -0.507 e. The predicted octanol–water partition coefficient (Wildman–Crippen LogP) is 2.21. The fourth-order valence-corrected chi connectivity index (χ4v) is 2.25. The van der Waals surface area contributed by atoms with Gasteiger partial charge in [0.05, 0.1) is 0 Å². The van der Waals surface area contributed by atoms with E-state index < -0.39 is 11.7 Å². The molecule has 0 fully saturated rings. The molecular weight excluding hydrogens is 230 g/mol. The molecule has 1 aliphatic rings. The second kappa shape index (κ2) is 4.98. The largest absolute Gasteiger partial charge is 0.507 e. The number of ether oxygens (including phenoxy) is 1. The highest BCUT2D eigenvalue weighted by molar-refractivity contribution is 5.95. The summed E-state index contributed by atoms with van der Waals surface area (Å²) in [6.45, 7) is 4.80. The van der Waals surface area contributed by atoms with Crippen LogP contribution in [0.2, 0.25) is 0 Å². The fourth-order valence-electron chi connectivity index (χ4n) is 2.25. The van der Waals surface area contributed by atoms with Crippen molar-refractivity contribution < 1.29 is 14.6 Å². The summed E-state index contributed by atoms with van der Waals surface area (Å²) >= 11 is 0. The molecule has 0 radical (unpaired) electrons. The summed E-state index contributed by atoms with van der Waals surface area (Å²) in [6, 6.07) is 5.11. The molecule has 0 aliphatic carbocycles. The summed E-state index contributed by atoms with van der Waals surface area (Å²) in [5, 5.41) is 13.0. The molecule has 2 N–H and O–H groups in total. The number of carbonyl (C=O) groups excluding carboxylic acids is 1. The van der Waals surface area contributed by atoms with Gasteiger partial charge in [0.1, 0.15) is 11.3 Å². The molecular formula is C14H19NO3. The van der Waals surface area contributed by atoms with Gasteiger partial charge in [-0.25, -0.2) is 4.79 Å². The lowest BCUT2D eigenvalue weighted by atomic mass is 9.94. The Kier molecular flexibility index (Phi) is 3.57. The Morgan fingerprint density at radius 1 is 1.50 bits per heavy atom. The highest BCUT2D eigenvalue weighted by Crippen LogP contribution is 2.31. The van der Waals surface area contributed by atoms with Crippen LogP contribution in [0.15, 0.2) is 18.2 Å². The van der Waals surface area contributed by atoms with E-state index in [2.05, 4.69) is 12.2 Å². The Morgan fingerprint density at radius 2 is 2.28 bits per heavy atom. The van der Waals surface area contributed by atoms with Crippen molar-refractivity contribution in [3.8, 4) is 5.75 Å². The van der Waals surface area contributed by atoms with Gasteiger partial charge >= 0.3 is 5.97 Å². The predicted molar refractivity (Wildman–Crippen MR) is 68.5 cm³/mol. The normalized spacial score (nSPS) is 22.4. The van der Waals surface area contributed by atoms with Crippen LogP contribution in [0.4, 0.5) is 0 Å². The number of unbranched alkanes of at least 4 members (excludes halogenated alkanes) is 1. The Labute approximate surface area is 107 Å². The molecule has 98 valence electrons. The van der Waals surface area contributed by atoms with Crippen LogP contribution in [-0.4, -0.2) is 23.3 Å². The molecule has 4 heteroatoms. The van der Waals surface area contributed by atoms with Crippen molar-refractivity contribution >= 4 is 5.97 Å². The van der Waals surface area contributed by atoms with E-state index in [9.17, 15) is 9.90 Å². The molecule has 0 spiro atoms. The molecule has 0 saturated carbocycles. The highest BCUT2D eigenvalue weighted by atomic mass is 16.6. The molecule has 1 heterocycles. The first-order valence-electron chi connectivity index (χ1n) is 6.35. The third-order valence-corrected chi connectivity index (χ3v) is 3.21. The lowest BCUT2D eigenvalue weighted by Crippen LogP contribution is -2.51. The summed E-state index contributed by atoms with van der Waals surface area (Å²) in [4.78, 5) is 11.9. The smallest absolute Gasteiger partial charge is 0.343 e. The first-order chi connectivity index (χ1) is 8.56. The van der Waals surface area contributed by atoms with Crippen LogP contribution < -0.4 is 5.32 Å². The van der Waals surface area contributed by atoms with Crippen LogP contribution in [0.25, 0.3) is 0 Å². The maximum absolute atomic E-state index is 11.9. The lowest BCUT2D eigenvalue weighted by molar-refractivity contribution is -0.0332. The second-order valence-corrected chi connectivity index (χ2v) is 4.89. The number of fused-ring (bicyclic) bond motifs is 1. The lowest BCUT2D eigenvalue weighted by Gasteiger charge is -2.35. The average Bonchev–Trinajstić information content (AvgIpc) is 2.28. The molecule has 1 aromatic rings. The second-order valence-electron chi connectivity index (χ2n) is 4.89. The van der Waals surface area contributed by atoms with Gasteiger partial charge in [-0.15, -0.1) is 0 Å². The molecule has 2 rings (SSSR count). The van der Waals surface area contributed by atoms with Gasteiger partial charge < -0.3 is 9.84 Å². The molecule has 1 unspecified atom stereocenters. The van der Waals surface area contributed by atoms with Gasteiger partial charge in [-0.2, -0.15) is 0 Å². The highest BCUT2D eigenvalue weighted by Gasteiger charge is 2.37. The van der Waals surface area contributed by atoms with Crippen molar-refractivity contribution in [3.63, 3.8) is 0 Å². The van der Waals surface area contributed by atoms with Gasteiger partial charge in [-0.3, -0.25) is 5.32 Å². The van der Waals surface area contributed by atoms with Gasteiger partial charge in [0.2, 0.25) is 0 Å². The van der Waals surface area contributed by atoms with Crippen molar-refractivity contribution in [2.45, 2.75) is 38.8 Å². The molecule has 0 bridgehead atoms. The van der Waals surface area contributed by atoms with Crippen molar-refractivity contribution in [3.05, 3.63) is 29.3 Å². The molecule has 18 heavy (non-hydrogen) atoms. The Bertz CT molecular complexity index is 458. The molecule has 0 aromatic heterocycles. The number of aromatic hydroxyl groups is 1. The Morgan fingerprint density at radius 3 is 3.00 bits per heavy atom. The van der Waals surface area contributed by atoms with Crippen molar-refractivity contribution in [1.29, 1.82) is 0 Å². The van der Waals surface area contributed by atoms with Crippen LogP contribution in [0.3, 0.4) is 0 Å². The van der Waals surface area contributed by atoms with Crippen LogP contribution in [-0.2, 0) is 11.2 Å². The van der Waals surface area contributed by atoms with Gasteiger partial charge in [-0.05, 0) is 31.5 Å². The number of cyclic esters (lactones) is 1. The third-order valence-electron chi connectivity index (χ3n) is 3.21. The quantitative estimate of drug-likeness (QED) is 0.634. The average molecular weight is 249 g/mol. The van der Waals surface area contributed by atoms with Gasteiger partial charge in [0.25, 0.3) is 0 Å². The first-order valence-corrected chi connectivity index (χ1v) is 6.35. The maximum atomic E-state index is 11.9. The molecule has 4 nitrogen and oxygen atoms in total. The minimum absolute atomic E-state index is 0.00638. The van der Waals surface area contributed by atoms with Gasteiger partial charge in [-0.1, -0.05) is 25.5 Å². The monoisotopic (exact) mass is 249 g/mol. The van der Waals surface area contributed by atoms with E-state index in [0.717, 1.165) is 24.9 Å². The Hall–Kier alpha value is -1.55. The number of carbonyl (C=O) groups is 1. The zero-order chi connectivity index (χ0) is 13.2. The van der Waals surface area contributed by atoms with Crippen molar-refractivity contribution in [2.75, 3.05) is 6.54 Å². The number of hydrogen-bond acceptors (Lipinski definition) is 4.